The fourth-order valence-corrected chi connectivity index (χ4v) is 5.36. The highest BCUT2D eigenvalue weighted by Crippen LogP contribution is 2.43. The molecular formula is C25H22F4N2O4S. The molecule has 0 aliphatic heterocycles. The predicted octanol–water partition coefficient (Wildman–Crippen LogP) is 5.68. The molecule has 0 saturated heterocycles. The van der Waals surface area contributed by atoms with E-state index in [-0.39, 0.29) is 13.0 Å². The number of carbonyl (C=O) groups is 2. The first-order valence-electron chi connectivity index (χ1n) is 11.1. The summed E-state index contributed by atoms with van der Waals surface area (Å²) >= 11 is 1.18. The topological polar surface area (TPSA) is 99.5 Å². The minimum Gasteiger partial charge on any atom is -0.481 e. The van der Waals surface area contributed by atoms with Gasteiger partial charge in [0.2, 0.25) is 5.91 Å². The lowest BCUT2D eigenvalue weighted by molar-refractivity contribution is -0.148. The number of carbonyl (C=O) groups excluding carboxylic acids is 1. The van der Waals surface area contributed by atoms with Gasteiger partial charge in [0.15, 0.2) is 0 Å². The highest BCUT2D eigenvalue weighted by atomic mass is 32.1. The third-order valence-electron chi connectivity index (χ3n) is 6.51. The molecule has 1 aromatic heterocycles. The summed E-state index contributed by atoms with van der Waals surface area (Å²) < 4.78 is 56.8. The zero-order valence-corrected chi connectivity index (χ0v) is 19.6. The van der Waals surface area contributed by atoms with Crippen LogP contribution in [-0.4, -0.2) is 26.5 Å². The van der Waals surface area contributed by atoms with Crippen molar-refractivity contribution in [3.8, 4) is 11.1 Å². The van der Waals surface area contributed by atoms with Gasteiger partial charge in [-0.3, -0.25) is 9.59 Å². The molecule has 3 atom stereocenters. The van der Waals surface area contributed by atoms with Gasteiger partial charge in [-0.05, 0) is 59.6 Å². The van der Waals surface area contributed by atoms with Gasteiger partial charge < -0.3 is 15.5 Å². The SMILES string of the molecule is O=C(O)[C@@H]1[C@@H](c2ccc(-c3cnsc3CO)cc2)CCC[C@H]1C(=O)Nc1ccc(C(F)(F)F)cc1F. The summed E-state index contributed by atoms with van der Waals surface area (Å²) in [5, 5.41) is 21.7. The zero-order valence-electron chi connectivity index (χ0n) is 18.8. The van der Waals surface area contributed by atoms with Crippen LogP contribution in [0.15, 0.2) is 48.7 Å². The third-order valence-corrected chi connectivity index (χ3v) is 7.29. The minimum atomic E-state index is -4.73. The number of nitrogens with one attached hydrogen (secondary N) is 1. The number of nitrogens with zero attached hydrogens (tertiary/aromatic N) is 1. The van der Waals surface area contributed by atoms with Crippen LogP contribution in [0.3, 0.4) is 0 Å². The van der Waals surface area contributed by atoms with Crippen molar-refractivity contribution in [3.05, 3.63) is 70.5 Å². The summed E-state index contributed by atoms with van der Waals surface area (Å²) in [6.07, 6.45) is -1.76. The van der Waals surface area contributed by atoms with Gasteiger partial charge >= 0.3 is 12.1 Å². The van der Waals surface area contributed by atoms with E-state index in [1.54, 1.807) is 30.5 Å². The summed E-state index contributed by atoms with van der Waals surface area (Å²) in [4.78, 5) is 25.9. The van der Waals surface area contributed by atoms with Crippen molar-refractivity contribution in [1.82, 2.24) is 4.37 Å². The number of benzene rings is 2. The molecule has 3 N–H and O–H groups in total. The van der Waals surface area contributed by atoms with Crippen molar-refractivity contribution in [1.29, 1.82) is 0 Å². The highest BCUT2D eigenvalue weighted by Gasteiger charge is 2.43. The van der Waals surface area contributed by atoms with Gasteiger partial charge in [-0.1, -0.05) is 30.7 Å². The molecule has 1 heterocycles. The Morgan fingerprint density at radius 3 is 2.44 bits per heavy atom. The number of alkyl halides is 3. The van der Waals surface area contributed by atoms with Crippen LogP contribution in [-0.2, 0) is 22.4 Å². The Kier molecular flexibility index (Phi) is 7.41. The van der Waals surface area contributed by atoms with Crippen molar-refractivity contribution in [3.63, 3.8) is 0 Å². The quantitative estimate of drug-likeness (QED) is 0.362. The molecule has 1 fully saturated rings. The second-order valence-electron chi connectivity index (χ2n) is 8.63. The van der Waals surface area contributed by atoms with Crippen molar-refractivity contribution in [2.24, 2.45) is 11.8 Å². The second kappa shape index (κ2) is 10.4. The molecule has 2 aromatic carbocycles. The number of carboxylic acids is 1. The molecular weight excluding hydrogens is 500 g/mol. The molecule has 0 spiro atoms. The van der Waals surface area contributed by atoms with E-state index in [2.05, 4.69) is 9.69 Å². The van der Waals surface area contributed by atoms with Crippen LogP contribution in [0.5, 0.6) is 0 Å². The first kappa shape index (κ1) is 25.8. The average molecular weight is 523 g/mol. The fraction of sp³-hybridized carbons (Fsp3) is 0.320. The summed E-state index contributed by atoms with van der Waals surface area (Å²) in [5.41, 5.74) is 0.687. The van der Waals surface area contributed by atoms with Gasteiger partial charge in [0.05, 0.1) is 34.6 Å². The van der Waals surface area contributed by atoms with Crippen LogP contribution < -0.4 is 5.32 Å². The van der Waals surface area contributed by atoms with E-state index in [9.17, 15) is 37.4 Å². The van der Waals surface area contributed by atoms with Gasteiger partial charge in [0, 0.05) is 11.8 Å². The van der Waals surface area contributed by atoms with Gasteiger partial charge in [-0.25, -0.2) is 8.76 Å². The standard InChI is InChI=1S/C25H22F4N2O4S/c26-19-10-15(25(27,28)29)8-9-20(19)31-23(33)17-3-1-2-16(22(17)24(34)35)13-4-6-14(7-5-13)18-11-30-36-21(18)12-32/h4-11,16-17,22,32H,1-3,12H2,(H,31,33)(H,34,35)/t16-,17-,22-/m1/s1. The number of hydrogen-bond donors (Lipinski definition) is 3. The Labute approximate surface area is 207 Å². The maximum atomic E-state index is 14.3. The molecule has 190 valence electrons. The van der Waals surface area contributed by atoms with Crippen LogP contribution in [0.25, 0.3) is 11.1 Å². The maximum absolute atomic E-state index is 14.3. The lowest BCUT2D eigenvalue weighted by Gasteiger charge is -2.35. The number of halogens is 4. The zero-order chi connectivity index (χ0) is 26.0. The van der Waals surface area contributed by atoms with E-state index in [1.165, 1.54) is 11.5 Å². The minimum absolute atomic E-state index is 0.151. The van der Waals surface area contributed by atoms with Crippen LogP contribution in [0.4, 0.5) is 23.2 Å². The predicted molar refractivity (Wildman–Crippen MR) is 125 cm³/mol. The Hall–Kier alpha value is -3.31. The lowest BCUT2D eigenvalue weighted by Crippen LogP contribution is -2.40. The van der Waals surface area contributed by atoms with Gasteiger partial charge in [-0.2, -0.15) is 13.2 Å². The van der Waals surface area contributed by atoms with Crippen molar-refractivity contribution in [2.45, 2.75) is 38.0 Å². The van der Waals surface area contributed by atoms with E-state index in [0.717, 1.165) is 22.8 Å². The van der Waals surface area contributed by atoms with Crippen molar-refractivity contribution < 1.29 is 37.4 Å². The molecule has 1 aliphatic rings. The van der Waals surface area contributed by atoms with Crippen molar-refractivity contribution in [2.75, 3.05) is 5.32 Å². The number of hydrogen-bond acceptors (Lipinski definition) is 5. The average Bonchev–Trinajstić information content (AvgIpc) is 3.33. The Bertz CT molecular complexity index is 1260. The summed E-state index contributed by atoms with van der Waals surface area (Å²) in [6.45, 7) is -0.151. The molecule has 1 aliphatic carbocycles. The highest BCUT2D eigenvalue weighted by molar-refractivity contribution is 7.06. The lowest BCUT2D eigenvalue weighted by atomic mass is 9.69. The van der Waals surface area contributed by atoms with Crippen LogP contribution >= 0.6 is 11.5 Å². The molecule has 1 amide bonds. The number of amides is 1. The summed E-state index contributed by atoms with van der Waals surface area (Å²) in [5.74, 6) is -5.77. The van der Waals surface area contributed by atoms with E-state index in [1.807, 2.05) is 0 Å². The molecule has 1 saturated carbocycles. The largest absolute Gasteiger partial charge is 0.481 e. The number of rotatable bonds is 6. The number of aliphatic carboxylic acids is 1. The first-order chi connectivity index (χ1) is 17.1. The second-order valence-corrected chi connectivity index (χ2v) is 9.52. The van der Waals surface area contributed by atoms with Crippen LogP contribution in [0.1, 0.15) is 41.2 Å². The van der Waals surface area contributed by atoms with Gasteiger partial charge in [-0.15, -0.1) is 0 Å². The smallest absolute Gasteiger partial charge is 0.416 e. The Morgan fingerprint density at radius 1 is 1.11 bits per heavy atom. The van der Waals surface area contributed by atoms with E-state index < -0.39 is 52.9 Å². The van der Waals surface area contributed by atoms with Crippen molar-refractivity contribution >= 4 is 29.1 Å². The third kappa shape index (κ3) is 5.26. The molecule has 11 heteroatoms. The number of aliphatic hydroxyl groups is 1. The van der Waals surface area contributed by atoms with Crippen LogP contribution in [0.2, 0.25) is 0 Å². The summed E-state index contributed by atoms with van der Waals surface area (Å²) in [7, 11) is 0. The van der Waals surface area contributed by atoms with Gasteiger partial charge in [0.1, 0.15) is 5.82 Å². The molecule has 3 aromatic rings. The first-order valence-corrected chi connectivity index (χ1v) is 11.9. The maximum Gasteiger partial charge on any atom is 0.416 e. The number of aliphatic hydroxyl groups excluding tert-OH is 1. The van der Waals surface area contributed by atoms with Gasteiger partial charge in [0.25, 0.3) is 0 Å². The normalized spacial score (nSPS) is 20.2. The molecule has 4 rings (SSSR count). The van der Waals surface area contributed by atoms with E-state index in [4.69, 9.17) is 0 Å². The fourth-order valence-electron chi connectivity index (χ4n) is 4.75. The molecule has 0 unspecified atom stereocenters. The number of carboxylic acid groups (broad SMARTS) is 1. The monoisotopic (exact) mass is 522 g/mol. The Morgan fingerprint density at radius 2 is 1.83 bits per heavy atom. The molecule has 6 nitrogen and oxygen atoms in total. The van der Waals surface area contributed by atoms with Crippen LogP contribution in [0, 0.1) is 17.7 Å². The Balaban J connectivity index is 1.55. The molecule has 36 heavy (non-hydrogen) atoms. The summed E-state index contributed by atoms with van der Waals surface area (Å²) in [6, 6.07) is 8.95. The molecule has 0 radical (unpaired) electrons. The molecule has 0 bridgehead atoms. The van der Waals surface area contributed by atoms with E-state index >= 15 is 0 Å². The number of anilines is 1. The number of aromatic nitrogens is 1. The van der Waals surface area contributed by atoms with E-state index in [0.29, 0.717) is 29.9 Å².